The van der Waals surface area contributed by atoms with Gasteiger partial charge >= 0.3 is 11.9 Å². The number of hydrogen-bond donors (Lipinski definition) is 0. The summed E-state index contributed by atoms with van der Waals surface area (Å²) in [5.74, 6) is -1.55. The van der Waals surface area contributed by atoms with Crippen molar-refractivity contribution in [1.82, 2.24) is 0 Å². The number of rotatable bonds is 1. The van der Waals surface area contributed by atoms with Crippen molar-refractivity contribution in [1.29, 1.82) is 0 Å². The highest BCUT2D eigenvalue weighted by atomic mass is 16.5. The molecule has 0 aliphatic heterocycles. The maximum atomic E-state index is 11.3. The molecule has 1 rings (SSSR count). The summed E-state index contributed by atoms with van der Waals surface area (Å²) in [7, 11) is 2.70. The molecule has 0 radical (unpaired) electrons. The Morgan fingerprint density at radius 3 is 2.29 bits per heavy atom. The third-order valence-corrected chi connectivity index (χ3v) is 1.81. The summed E-state index contributed by atoms with van der Waals surface area (Å²) in [4.78, 5) is 23.5. The van der Waals surface area contributed by atoms with Crippen LogP contribution in [0.1, 0.15) is 0 Å². The summed E-state index contributed by atoms with van der Waals surface area (Å²) >= 11 is 0. The second-order valence-corrected chi connectivity index (χ2v) is 2.69. The van der Waals surface area contributed by atoms with Crippen LogP contribution < -0.4 is 4.90 Å². The van der Waals surface area contributed by atoms with Gasteiger partial charge in [-0.3, -0.25) is 4.79 Å². The van der Waals surface area contributed by atoms with Gasteiger partial charge in [-0.2, -0.15) is 0 Å². The molecule has 0 atom stereocenters. The largest absolute Gasteiger partial charge is 0.462 e. The van der Waals surface area contributed by atoms with E-state index in [-0.39, 0.29) is 0 Å². The monoisotopic (exact) mass is 193 g/mol. The highest BCUT2D eigenvalue weighted by Gasteiger charge is 2.19. The fourth-order valence-electron chi connectivity index (χ4n) is 0.993. The van der Waals surface area contributed by atoms with Gasteiger partial charge < -0.3 is 9.64 Å². The van der Waals surface area contributed by atoms with Gasteiger partial charge in [-0.15, -0.1) is 0 Å². The summed E-state index contributed by atoms with van der Waals surface area (Å²) in [6.45, 7) is 0. The number of amides is 1. The van der Waals surface area contributed by atoms with Crippen molar-refractivity contribution in [3.63, 3.8) is 0 Å². The van der Waals surface area contributed by atoms with Crippen LogP contribution in [0.2, 0.25) is 0 Å². The van der Waals surface area contributed by atoms with Crippen molar-refractivity contribution < 1.29 is 14.3 Å². The summed E-state index contributed by atoms with van der Waals surface area (Å²) in [5, 5.41) is 0. The molecule has 1 aromatic carbocycles. The predicted octanol–water partition coefficient (Wildman–Crippen LogP) is 0.822. The zero-order valence-corrected chi connectivity index (χ0v) is 8.06. The van der Waals surface area contributed by atoms with Crippen molar-refractivity contribution in [2.75, 3.05) is 19.1 Å². The summed E-state index contributed by atoms with van der Waals surface area (Å²) in [6.07, 6.45) is 0. The van der Waals surface area contributed by atoms with Crippen LogP contribution in [0.5, 0.6) is 0 Å². The van der Waals surface area contributed by atoms with Gasteiger partial charge in [-0.25, -0.2) is 4.79 Å². The number of esters is 1. The van der Waals surface area contributed by atoms with E-state index in [2.05, 4.69) is 4.74 Å². The smallest absolute Gasteiger partial charge is 0.397 e. The molecule has 4 heteroatoms. The van der Waals surface area contributed by atoms with Gasteiger partial charge in [0.1, 0.15) is 0 Å². The number of anilines is 1. The van der Waals surface area contributed by atoms with Crippen LogP contribution in [0.4, 0.5) is 5.69 Å². The van der Waals surface area contributed by atoms with E-state index in [0.717, 1.165) is 0 Å². The second-order valence-electron chi connectivity index (χ2n) is 2.69. The van der Waals surface area contributed by atoms with Crippen molar-refractivity contribution in [3.05, 3.63) is 30.3 Å². The lowest BCUT2D eigenvalue weighted by Crippen LogP contribution is -2.33. The molecule has 0 saturated carbocycles. The number of benzene rings is 1. The van der Waals surface area contributed by atoms with Gasteiger partial charge in [0.05, 0.1) is 7.11 Å². The van der Waals surface area contributed by atoms with Crippen molar-refractivity contribution in [2.45, 2.75) is 0 Å². The van der Waals surface area contributed by atoms with Crippen LogP contribution in [-0.2, 0) is 14.3 Å². The van der Waals surface area contributed by atoms with E-state index in [4.69, 9.17) is 0 Å². The summed E-state index contributed by atoms with van der Waals surface area (Å²) in [6, 6.07) is 8.88. The first-order valence-corrected chi connectivity index (χ1v) is 4.08. The minimum absolute atomic E-state index is 0.655. The Balaban J connectivity index is 2.81. The summed E-state index contributed by atoms with van der Waals surface area (Å²) < 4.78 is 4.32. The van der Waals surface area contributed by atoms with E-state index >= 15 is 0 Å². The average Bonchev–Trinajstić information content (AvgIpc) is 2.27. The van der Waals surface area contributed by atoms with Crippen molar-refractivity contribution in [3.8, 4) is 0 Å². The molecular weight excluding hydrogens is 182 g/mol. The number of likely N-dealkylation sites (N-methyl/N-ethyl adjacent to an activating group) is 1. The van der Waals surface area contributed by atoms with E-state index < -0.39 is 11.9 Å². The maximum Gasteiger partial charge on any atom is 0.397 e. The third-order valence-electron chi connectivity index (χ3n) is 1.81. The number of carbonyl (C=O) groups excluding carboxylic acids is 2. The molecule has 0 spiro atoms. The van der Waals surface area contributed by atoms with E-state index in [1.807, 2.05) is 6.07 Å². The number of nitrogens with zero attached hydrogens (tertiary/aromatic N) is 1. The lowest BCUT2D eigenvalue weighted by molar-refractivity contribution is -0.151. The highest BCUT2D eigenvalue weighted by Crippen LogP contribution is 2.10. The first-order valence-electron chi connectivity index (χ1n) is 4.08. The fraction of sp³-hybridized carbons (Fsp3) is 0.200. The second kappa shape index (κ2) is 4.41. The Morgan fingerprint density at radius 2 is 1.79 bits per heavy atom. The molecular formula is C10H11NO3. The lowest BCUT2D eigenvalue weighted by Gasteiger charge is -2.14. The Bertz CT molecular complexity index is 334. The van der Waals surface area contributed by atoms with Gasteiger partial charge in [0.25, 0.3) is 0 Å². The Morgan fingerprint density at radius 1 is 1.21 bits per heavy atom. The zero-order valence-electron chi connectivity index (χ0n) is 8.06. The van der Waals surface area contributed by atoms with E-state index in [9.17, 15) is 9.59 Å². The predicted molar refractivity (Wildman–Crippen MR) is 51.9 cm³/mol. The SMILES string of the molecule is COC(=O)C(=O)N(C)c1ccccc1. The van der Waals surface area contributed by atoms with Crippen LogP contribution in [0, 0.1) is 0 Å². The number of ether oxygens (including phenoxy) is 1. The minimum atomic E-state index is -0.864. The third kappa shape index (κ3) is 2.10. The van der Waals surface area contributed by atoms with Gasteiger partial charge in [0, 0.05) is 12.7 Å². The molecule has 74 valence electrons. The van der Waals surface area contributed by atoms with Crippen molar-refractivity contribution >= 4 is 17.6 Å². The van der Waals surface area contributed by atoms with Gasteiger partial charge in [-0.05, 0) is 12.1 Å². The maximum absolute atomic E-state index is 11.3. The van der Waals surface area contributed by atoms with Crippen LogP contribution >= 0.6 is 0 Å². The van der Waals surface area contributed by atoms with E-state index in [1.165, 1.54) is 19.1 Å². The van der Waals surface area contributed by atoms with Crippen LogP contribution in [0.15, 0.2) is 30.3 Å². The summed E-state index contributed by atoms with van der Waals surface area (Å²) in [5.41, 5.74) is 0.655. The molecule has 1 amide bonds. The van der Waals surface area contributed by atoms with E-state index in [0.29, 0.717) is 5.69 Å². The van der Waals surface area contributed by atoms with Crippen molar-refractivity contribution in [2.24, 2.45) is 0 Å². The van der Waals surface area contributed by atoms with Gasteiger partial charge in [0.2, 0.25) is 0 Å². The molecule has 0 N–H and O–H groups in total. The molecule has 0 aromatic heterocycles. The molecule has 4 nitrogen and oxygen atoms in total. The van der Waals surface area contributed by atoms with E-state index in [1.54, 1.807) is 24.3 Å². The quantitative estimate of drug-likeness (QED) is 0.490. The number of hydrogen-bond acceptors (Lipinski definition) is 3. The molecule has 0 fully saturated rings. The topological polar surface area (TPSA) is 46.6 Å². The number of methoxy groups -OCH3 is 1. The highest BCUT2D eigenvalue weighted by molar-refractivity contribution is 6.37. The van der Waals surface area contributed by atoms with Crippen LogP contribution in [0.25, 0.3) is 0 Å². The molecule has 14 heavy (non-hydrogen) atoms. The molecule has 0 saturated heterocycles. The molecule has 0 bridgehead atoms. The zero-order chi connectivity index (χ0) is 10.6. The first-order chi connectivity index (χ1) is 6.66. The molecule has 1 aromatic rings. The molecule has 0 aliphatic rings. The Labute approximate surface area is 82.1 Å². The standard InChI is InChI=1S/C10H11NO3/c1-11(9(12)10(13)14-2)8-6-4-3-5-7-8/h3-7H,1-2H3. The molecule has 0 heterocycles. The van der Waals surface area contributed by atoms with Crippen LogP contribution in [0.3, 0.4) is 0 Å². The Kier molecular flexibility index (Phi) is 3.23. The minimum Gasteiger partial charge on any atom is -0.462 e. The first kappa shape index (κ1) is 10.2. The molecule has 0 unspecified atom stereocenters. The normalized spacial score (nSPS) is 9.29. The average molecular weight is 193 g/mol. The number of carbonyl (C=O) groups is 2. The van der Waals surface area contributed by atoms with Crippen LogP contribution in [-0.4, -0.2) is 26.0 Å². The van der Waals surface area contributed by atoms with Gasteiger partial charge in [-0.1, -0.05) is 18.2 Å². The number of para-hydroxylation sites is 1. The Hall–Kier alpha value is -1.84. The lowest BCUT2D eigenvalue weighted by atomic mass is 10.3. The van der Waals surface area contributed by atoms with Gasteiger partial charge in [0.15, 0.2) is 0 Å². The molecule has 0 aliphatic carbocycles. The fourth-order valence-corrected chi connectivity index (χ4v) is 0.993.